The van der Waals surface area contributed by atoms with Crippen LogP contribution in [0, 0.1) is 36.5 Å². The van der Waals surface area contributed by atoms with Crippen LogP contribution in [-0.2, 0) is 34.0 Å². The Morgan fingerprint density at radius 2 is 1.54 bits per heavy atom. The van der Waals surface area contributed by atoms with Gasteiger partial charge in [-0.15, -0.1) is 0 Å². The molecular formula is C36H33O9S-. The number of carbonyl (C=O) groups excluding carboxylic acids is 3. The lowest BCUT2D eigenvalue weighted by molar-refractivity contribution is -0.169. The van der Waals surface area contributed by atoms with Gasteiger partial charge in [-0.1, -0.05) is 62.4 Å². The molecule has 0 aromatic heterocycles. The Balaban J connectivity index is 1.07. The van der Waals surface area contributed by atoms with Gasteiger partial charge in [0, 0.05) is 23.7 Å². The maximum atomic E-state index is 14.1. The Morgan fingerprint density at radius 3 is 2.15 bits per heavy atom. The van der Waals surface area contributed by atoms with Crippen LogP contribution in [-0.4, -0.2) is 43.1 Å². The van der Waals surface area contributed by atoms with Crippen LogP contribution in [0.4, 0.5) is 0 Å². The van der Waals surface area contributed by atoms with Gasteiger partial charge in [0.25, 0.3) is 0 Å². The van der Waals surface area contributed by atoms with E-state index in [-0.39, 0.29) is 45.8 Å². The van der Waals surface area contributed by atoms with Crippen molar-refractivity contribution in [1.29, 1.82) is 0 Å². The fourth-order valence-corrected chi connectivity index (χ4v) is 10.1. The summed E-state index contributed by atoms with van der Waals surface area (Å²) in [7, 11) is -4.75. The lowest BCUT2D eigenvalue weighted by Gasteiger charge is -2.45. The van der Waals surface area contributed by atoms with E-state index in [1.54, 1.807) is 20.8 Å². The third kappa shape index (κ3) is 4.22. The second kappa shape index (κ2) is 10.2. The molecule has 6 aliphatic rings. The highest BCUT2D eigenvalue weighted by molar-refractivity contribution is 7.85. The van der Waals surface area contributed by atoms with Crippen LogP contribution in [0.15, 0.2) is 65.6 Å². The van der Waals surface area contributed by atoms with Crippen molar-refractivity contribution in [3.05, 3.63) is 94.0 Å². The average molecular weight is 642 g/mol. The van der Waals surface area contributed by atoms with Crippen molar-refractivity contribution in [3.8, 4) is 5.75 Å². The zero-order chi connectivity index (χ0) is 32.2. The number of benzene rings is 3. The molecule has 9 nitrogen and oxygen atoms in total. The zero-order valence-corrected chi connectivity index (χ0v) is 26.4. The van der Waals surface area contributed by atoms with Crippen LogP contribution in [0.25, 0.3) is 0 Å². The Morgan fingerprint density at radius 1 is 0.913 bits per heavy atom. The highest BCUT2D eigenvalue weighted by Gasteiger charge is 2.70. The predicted octanol–water partition coefficient (Wildman–Crippen LogP) is 4.94. The average Bonchev–Trinajstić information content (AvgIpc) is 3.65. The molecule has 3 aromatic carbocycles. The van der Waals surface area contributed by atoms with Crippen molar-refractivity contribution in [2.75, 3.05) is 0 Å². The number of hydrogen-bond acceptors (Lipinski definition) is 9. The fourth-order valence-electron chi connectivity index (χ4n) is 9.19. The minimum absolute atomic E-state index is 0.0772. The van der Waals surface area contributed by atoms with Crippen molar-refractivity contribution in [3.63, 3.8) is 0 Å². The number of hydrogen-bond donors (Lipinski definition) is 0. The molecule has 1 aliphatic heterocycles. The number of carbonyl (C=O) groups is 3. The smallest absolute Gasteiger partial charge is 0.315 e. The molecule has 0 radical (unpaired) electrons. The van der Waals surface area contributed by atoms with Crippen LogP contribution in [0.1, 0.15) is 77.8 Å². The van der Waals surface area contributed by atoms with Crippen LogP contribution in [0.2, 0.25) is 0 Å². The van der Waals surface area contributed by atoms with Gasteiger partial charge < -0.3 is 18.8 Å². The molecule has 9 rings (SSSR count). The van der Waals surface area contributed by atoms with Crippen molar-refractivity contribution in [2.24, 2.45) is 29.6 Å². The van der Waals surface area contributed by atoms with Gasteiger partial charge in [0.2, 0.25) is 0 Å². The largest absolute Gasteiger partial charge is 0.744 e. The van der Waals surface area contributed by atoms with Crippen molar-refractivity contribution in [2.45, 2.75) is 68.5 Å². The summed E-state index contributed by atoms with van der Waals surface area (Å²) in [5.74, 6) is -4.52. The molecular weight excluding hydrogens is 608 g/mol. The van der Waals surface area contributed by atoms with E-state index in [0.29, 0.717) is 18.4 Å². The standard InChI is InChI=1S/C36H34O9S/c1-16(2)22-15-27(17(3)12-28(22)46(40,41)42)43-35(38)30-24-14-25-31(30)36(39)45-33(25)32(24)44-34(37)26-13-23-18-8-4-6-10-20(18)29(26)21-11-7-5-9-19(21)23/h4-12,15-16,23-26,29-33H,13-14H2,1-3H3,(H,40,41,42)/p-1. The summed E-state index contributed by atoms with van der Waals surface area (Å²) in [4.78, 5) is 40.6. The summed E-state index contributed by atoms with van der Waals surface area (Å²) in [5.41, 5.74) is 5.29. The molecule has 0 spiro atoms. The lowest BCUT2D eigenvalue weighted by atomic mass is 9.59. The summed E-state index contributed by atoms with van der Waals surface area (Å²) in [5, 5.41) is 0. The van der Waals surface area contributed by atoms with Gasteiger partial charge in [0.05, 0.1) is 22.6 Å². The molecule has 0 amide bonds. The second-order valence-corrected chi connectivity index (χ2v) is 15.1. The molecule has 0 N–H and O–H groups in total. The van der Waals surface area contributed by atoms with Crippen molar-refractivity contribution < 1.29 is 41.6 Å². The molecule has 1 heterocycles. The molecule has 238 valence electrons. The molecule has 1 saturated heterocycles. The van der Waals surface area contributed by atoms with E-state index < -0.39 is 57.9 Å². The molecule has 7 unspecified atom stereocenters. The van der Waals surface area contributed by atoms with Crippen LogP contribution >= 0.6 is 0 Å². The van der Waals surface area contributed by atoms with Gasteiger partial charge in [0.15, 0.2) is 0 Å². The molecule has 10 heteroatoms. The Kier molecular flexibility index (Phi) is 6.54. The summed E-state index contributed by atoms with van der Waals surface area (Å²) in [6, 6.07) is 19.1. The molecule has 3 aromatic rings. The summed E-state index contributed by atoms with van der Waals surface area (Å²) in [6.45, 7) is 5.04. The Labute approximate surface area is 267 Å². The maximum absolute atomic E-state index is 14.1. The Hall–Kier alpha value is -4.02. The minimum Gasteiger partial charge on any atom is -0.744 e. The second-order valence-electron chi connectivity index (χ2n) is 13.7. The first-order chi connectivity index (χ1) is 21.9. The number of rotatable bonds is 6. The number of esters is 3. The first kappa shape index (κ1) is 29.4. The van der Waals surface area contributed by atoms with Gasteiger partial charge in [-0.05, 0) is 71.2 Å². The highest BCUT2D eigenvalue weighted by Crippen LogP contribution is 2.60. The predicted molar refractivity (Wildman–Crippen MR) is 162 cm³/mol. The van der Waals surface area contributed by atoms with Gasteiger partial charge in [0.1, 0.15) is 28.1 Å². The molecule has 7 atom stereocenters. The summed E-state index contributed by atoms with van der Waals surface area (Å²) in [6.07, 6.45) is -0.274. The van der Waals surface area contributed by atoms with E-state index in [4.69, 9.17) is 14.2 Å². The summed E-state index contributed by atoms with van der Waals surface area (Å²) < 4.78 is 53.6. The highest BCUT2D eigenvalue weighted by atomic mass is 32.2. The van der Waals surface area contributed by atoms with E-state index in [2.05, 4.69) is 24.3 Å². The number of fused-ring (bicyclic) bond motifs is 2. The van der Waals surface area contributed by atoms with Crippen LogP contribution in [0.3, 0.4) is 0 Å². The van der Waals surface area contributed by atoms with E-state index in [0.717, 1.165) is 11.1 Å². The normalized spacial score (nSPS) is 31.4. The summed E-state index contributed by atoms with van der Waals surface area (Å²) >= 11 is 0. The third-order valence-corrected chi connectivity index (χ3v) is 12.0. The van der Waals surface area contributed by atoms with E-state index in [1.165, 1.54) is 23.3 Å². The molecule has 46 heavy (non-hydrogen) atoms. The van der Waals surface area contributed by atoms with E-state index >= 15 is 0 Å². The first-order valence-corrected chi connectivity index (χ1v) is 17.3. The van der Waals surface area contributed by atoms with E-state index in [9.17, 15) is 27.4 Å². The van der Waals surface area contributed by atoms with Gasteiger partial charge in [-0.3, -0.25) is 14.4 Å². The lowest BCUT2D eigenvalue weighted by Crippen LogP contribution is -2.46. The van der Waals surface area contributed by atoms with Crippen LogP contribution < -0.4 is 4.74 Å². The maximum Gasteiger partial charge on any atom is 0.315 e. The number of ether oxygens (including phenoxy) is 3. The SMILES string of the molecule is Cc1cc(S(=O)(=O)[O-])c(C(C)C)cc1OC(=O)C1C2CC3C(OC(=O)C31)C2OC(=O)C1CC2c3ccccc3C1c1ccccc12. The monoisotopic (exact) mass is 641 g/mol. The van der Waals surface area contributed by atoms with Crippen LogP contribution in [0.5, 0.6) is 5.75 Å². The first-order valence-electron chi connectivity index (χ1n) is 15.8. The molecule has 4 bridgehead atoms. The van der Waals surface area contributed by atoms with Gasteiger partial charge in [-0.25, -0.2) is 8.42 Å². The third-order valence-electron chi connectivity index (χ3n) is 11.1. The molecule has 3 fully saturated rings. The minimum atomic E-state index is -4.75. The van der Waals surface area contributed by atoms with Gasteiger partial charge in [-0.2, -0.15) is 0 Å². The quantitative estimate of drug-likeness (QED) is 0.208. The van der Waals surface area contributed by atoms with E-state index in [1.807, 2.05) is 24.3 Å². The molecule has 5 aliphatic carbocycles. The zero-order valence-electron chi connectivity index (χ0n) is 25.5. The molecule has 2 saturated carbocycles. The topological polar surface area (TPSA) is 136 Å². The van der Waals surface area contributed by atoms with Crippen molar-refractivity contribution in [1.82, 2.24) is 0 Å². The van der Waals surface area contributed by atoms with Gasteiger partial charge >= 0.3 is 17.9 Å². The fraction of sp³-hybridized carbons (Fsp3) is 0.417. The number of aryl methyl sites for hydroxylation is 1. The van der Waals surface area contributed by atoms with Crippen molar-refractivity contribution >= 4 is 28.0 Å². The Bertz CT molecular complexity index is 1880.